The first-order valence-electron chi connectivity index (χ1n) is 9.99. The fourth-order valence-electron chi connectivity index (χ4n) is 3.27. The summed E-state index contributed by atoms with van der Waals surface area (Å²) in [5.41, 5.74) is 1.96. The second-order valence-corrected chi connectivity index (χ2v) is 6.99. The average molecular weight is 417 g/mol. The highest BCUT2D eigenvalue weighted by molar-refractivity contribution is 5.96. The van der Waals surface area contributed by atoms with E-state index >= 15 is 0 Å². The third-order valence-corrected chi connectivity index (χ3v) is 4.83. The van der Waals surface area contributed by atoms with Gasteiger partial charge in [0.15, 0.2) is 0 Å². The first-order valence-corrected chi connectivity index (χ1v) is 9.99. The number of benzene rings is 2. The number of aromatic carboxylic acids is 1. The molecule has 3 aromatic rings. The van der Waals surface area contributed by atoms with Crippen LogP contribution in [0.3, 0.4) is 0 Å². The van der Waals surface area contributed by atoms with E-state index in [0.717, 1.165) is 15.8 Å². The van der Waals surface area contributed by atoms with Crippen molar-refractivity contribution in [3.8, 4) is 23.0 Å². The molecule has 31 heavy (non-hydrogen) atoms. The summed E-state index contributed by atoms with van der Waals surface area (Å²) in [5, 5.41) is 13.6. The average Bonchev–Trinajstić information content (AvgIpc) is 3.08. The van der Waals surface area contributed by atoms with E-state index < -0.39 is 11.7 Å². The van der Waals surface area contributed by atoms with E-state index in [1.54, 1.807) is 31.2 Å². The quantitative estimate of drug-likeness (QED) is 0.594. The molecule has 158 valence electrons. The van der Waals surface area contributed by atoms with Gasteiger partial charge in [-0.3, -0.25) is 9.36 Å². The van der Waals surface area contributed by atoms with Crippen LogP contribution >= 0.6 is 0 Å². The lowest BCUT2D eigenvalue weighted by atomic mass is 9.99. The Morgan fingerprint density at radius 1 is 1.10 bits per heavy atom. The maximum atomic E-state index is 12.8. The summed E-state index contributed by atoms with van der Waals surface area (Å²) in [4.78, 5) is 36.5. The van der Waals surface area contributed by atoms with Crippen molar-refractivity contribution in [1.29, 1.82) is 0 Å². The van der Waals surface area contributed by atoms with Gasteiger partial charge in [-0.2, -0.15) is 0 Å². The minimum Gasteiger partial charge on any atom is -0.478 e. The van der Waals surface area contributed by atoms with Crippen LogP contribution in [0.15, 0.2) is 53.3 Å². The van der Waals surface area contributed by atoms with Crippen molar-refractivity contribution in [2.24, 2.45) is 0 Å². The number of carboxylic acids is 1. The van der Waals surface area contributed by atoms with Crippen molar-refractivity contribution >= 4 is 11.9 Å². The van der Waals surface area contributed by atoms with Gasteiger partial charge in [-0.1, -0.05) is 55.3 Å². The molecule has 7 nitrogen and oxygen atoms in total. The predicted octanol–water partition coefficient (Wildman–Crippen LogP) is 3.46. The second-order valence-electron chi connectivity index (χ2n) is 6.99. The van der Waals surface area contributed by atoms with Gasteiger partial charge in [0.1, 0.15) is 5.82 Å². The molecule has 0 spiro atoms. The first-order chi connectivity index (χ1) is 15.0. The van der Waals surface area contributed by atoms with Gasteiger partial charge in [0.05, 0.1) is 18.5 Å². The lowest BCUT2D eigenvalue weighted by molar-refractivity contribution is 0.0697. The number of carboxylic acid groups (broad SMARTS) is 1. The second kappa shape index (κ2) is 9.72. The molecule has 0 unspecified atom stereocenters. The summed E-state index contributed by atoms with van der Waals surface area (Å²) in [6.45, 7) is 3.81. The fraction of sp³-hybridized carbons (Fsp3) is 0.250. The molecule has 0 aliphatic rings. The summed E-state index contributed by atoms with van der Waals surface area (Å²) in [7, 11) is 0. The zero-order valence-corrected chi connectivity index (χ0v) is 17.5. The van der Waals surface area contributed by atoms with Crippen LogP contribution in [-0.2, 0) is 13.0 Å². The molecule has 0 atom stereocenters. The van der Waals surface area contributed by atoms with Crippen molar-refractivity contribution in [3.63, 3.8) is 0 Å². The first kappa shape index (κ1) is 21.8. The number of carbonyl (C=O) groups excluding carboxylic acids is 1. The maximum Gasteiger partial charge on any atom is 0.353 e. The molecule has 1 aromatic heterocycles. The summed E-state index contributed by atoms with van der Waals surface area (Å²) >= 11 is 0. The van der Waals surface area contributed by atoms with Gasteiger partial charge in [-0.05, 0) is 36.1 Å². The van der Waals surface area contributed by atoms with Crippen molar-refractivity contribution in [2.45, 2.75) is 39.7 Å². The molecule has 3 rings (SSSR count). The van der Waals surface area contributed by atoms with Crippen LogP contribution in [0.25, 0.3) is 11.1 Å². The van der Waals surface area contributed by atoms with Crippen molar-refractivity contribution in [1.82, 2.24) is 14.3 Å². The molecule has 0 aliphatic carbocycles. The lowest BCUT2D eigenvalue weighted by Gasteiger charge is -2.08. The number of rotatable bonds is 7. The Morgan fingerprint density at radius 3 is 2.45 bits per heavy atom. The van der Waals surface area contributed by atoms with E-state index in [2.05, 4.69) is 16.9 Å². The van der Waals surface area contributed by atoms with Crippen molar-refractivity contribution < 1.29 is 14.7 Å². The van der Waals surface area contributed by atoms with Crippen LogP contribution in [0.5, 0.6) is 0 Å². The van der Waals surface area contributed by atoms with Crippen LogP contribution in [-0.4, -0.2) is 31.3 Å². The Kier molecular flexibility index (Phi) is 6.83. The topological polar surface area (TPSA) is 94.2 Å². The number of aromatic nitrogens is 3. The smallest absolute Gasteiger partial charge is 0.353 e. The summed E-state index contributed by atoms with van der Waals surface area (Å²) in [6.07, 6.45) is 1.14. The lowest BCUT2D eigenvalue weighted by Crippen LogP contribution is -2.30. The zero-order valence-electron chi connectivity index (χ0n) is 17.5. The molecule has 1 N–H and O–H groups in total. The monoisotopic (exact) mass is 417 g/mol. The summed E-state index contributed by atoms with van der Waals surface area (Å²) < 4.78 is 2.38. The highest BCUT2D eigenvalue weighted by Gasteiger charge is 2.18. The summed E-state index contributed by atoms with van der Waals surface area (Å²) in [5.74, 6) is 4.79. The van der Waals surface area contributed by atoms with Gasteiger partial charge in [0, 0.05) is 6.42 Å². The number of hydrogen-bond acceptors (Lipinski definition) is 4. The highest BCUT2D eigenvalue weighted by Crippen LogP contribution is 2.24. The molecule has 0 aliphatic heterocycles. The normalized spacial score (nSPS) is 10.4. The van der Waals surface area contributed by atoms with E-state index in [9.17, 15) is 19.5 Å². The molecule has 1 heterocycles. The molecular weight excluding hydrogens is 394 g/mol. The molecule has 0 saturated carbocycles. The van der Waals surface area contributed by atoms with Crippen LogP contribution in [0, 0.1) is 11.8 Å². The predicted molar refractivity (Wildman–Crippen MR) is 117 cm³/mol. The minimum absolute atomic E-state index is 0.225. The molecule has 0 saturated heterocycles. The van der Waals surface area contributed by atoms with E-state index in [1.165, 1.54) is 4.57 Å². The molecule has 7 heteroatoms. The Labute approximate surface area is 180 Å². The Hall–Kier alpha value is -3.92. The van der Waals surface area contributed by atoms with Crippen LogP contribution in [0.2, 0.25) is 0 Å². The Balaban J connectivity index is 1.94. The number of carbonyl (C=O) groups is 2. The van der Waals surface area contributed by atoms with Gasteiger partial charge >= 0.3 is 11.7 Å². The van der Waals surface area contributed by atoms with Crippen molar-refractivity contribution in [3.05, 3.63) is 76.0 Å². The molecule has 0 radical (unpaired) electrons. The summed E-state index contributed by atoms with van der Waals surface area (Å²) in [6, 6.07) is 14.1. The van der Waals surface area contributed by atoms with E-state index in [4.69, 9.17) is 0 Å². The van der Waals surface area contributed by atoms with Crippen LogP contribution in [0.1, 0.15) is 53.2 Å². The third-order valence-electron chi connectivity index (χ3n) is 4.83. The van der Waals surface area contributed by atoms with Crippen LogP contribution < -0.4 is 5.69 Å². The van der Waals surface area contributed by atoms with Crippen LogP contribution in [0.4, 0.5) is 0 Å². The van der Waals surface area contributed by atoms with Gasteiger partial charge in [-0.15, -0.1) is 15.7 Å². The minimum atomic E-state index is -0.989. The molecule has 2 aromatic carbocycles. The van der Waals surface area contributed by atoms with E-state index in [1.807, 2.05) is 31.2 Å². The third kappa shape index (κ3) is 4.81. The van der Waals surface area contributed by atoms with Gasteiger partial charge in [-0.25, -0.2) is 9.59 Å². The largest absolute Gasteiger partial charge is 0.478 e. The van der Waals surface area contributed by atoms with Gasteiger partial charge in [0.2, 0.25) is 0 Å². The maximum absolute atomic E-state index is 12.8. The Morgan fingerprint density at radius 2 is 1.81 bits per heavy atom. The molecule has 0 bridgehead atoms. The zero-order chi connectivity index (χ0) is 22.4. The van der Waals surface area contributed by atoms with Gasteiger partial charge in [0.25, 0.3) is 5.91 Å². The molecule has 0 fully saturated rings. The van der Waals surface area contributed by atoms with Gasteiger partial charge < -0.3 is 5.11 Å². The standard InChI is InChI=1S/C24H23N3O4/c1-3-5-11-21-25-27(22(28)8-4-2)24(31)26(21)16-17-12-14-18(15-13-17)19-9-6-7-10-20(19)23(29)30/h6-7,9-10,12-15H,4,8,11,16H2,1-2H3,(H,29,30). The number of nitrogens with zero attached hydrogens (tertiary/aromatic N) is 3. The molecule has 0 amide bonds. The highest BCUT2D eigenvalue weighted by atomic mass is 16.4. The fourth-order valence-corrected chi connectivity index (χ4v) is 3.27. The molecular formula is C24H23N3O4. The number of hydrogen-bond donors (Lipinski definition) is 1. The van der Waals surface area contributed by atoms with E-state index in [0.29, 0.717) is 17.8 Å². The van der Waals surface area contributed by atoms with E-state index in [-0.39, 0.29) is 30.9 Å². The van der Waals surface area contributed by atoms with Crippen molar-refractivity contribution in [2.75, 3.05) is 0 Å². The SMILES string of the molecule is CC#CCc1nn(C(=O)CCC)c(=O)n1Cc1ccc(-c2ccccc2C(=O)O)cc1. The Bertz CT molecular complexity index is 1220.